The fourth-order valence-electron chi connectivity index (χ4n) is 2.64. The van der Waals surface area contributed by atoms with E-state index in [0.29, 0.717) is 22.0 Å². The van der Waals surface area contributed by atoms with Crippen LogP contribution in [0.5, 0.6) is 0 Å². The lowest BCUT2D eigenvalue weighted by molar-refractivity contribution is -0.137. The van der Waals surface area contributed by atoms with Crippen molar-refractivity contribution < 1.29 is 13.2 Å². The van der Waals surface area contributed by atoms with E-state index >= 15 is 0 Å². The van der Waals surface area contributed by atoms with Crippen molar-refractivity contribution in [3.05, 3.63) is 70.9 Å². The predicted octanol–water partition coefficient (Wildman–Crippen LogP) is 5.56. The number of hydrogen-bond acceptors (Lipinski definition) is 5. The van der Waals surface area contributed by atoms with Gasteiger partial charge >= 0.3 is 6.18 Å². The Hall–Kier alpha value is -3.31. The summed E-state index contributed by atoms with van der Waals surface area (Å²) in [6.07, 6.45) is -3.86. The summed E-state index contributed by atoms with van der Waals surface area (Å²) in [6, 6.07) is 15.0. The maximum atomic E-state index is 13.6. The van der Waals surface area contributed by atoms with Gasteiger partial charge in [-0.05, 0) is 48.5 Å². The van der Waals surface area contributed by atoms with Crippen LogP contribution in [-0.4, -0.2) is 24.1 Å². The first kappa shape index (κ1) is 20.4. The van der Waals surface area contributed by atoms with Crippen molar-refractivity contribution in [1.82, 2.24) is 9.97 Å². The molecule has 0 unspecified atom stereocenters. The predicted molar refractivity (Wildman–Crippen MR) is 106 cm³/mol. The second-order valence-corrected chi connectivity index (χ2v) is 6.59. The van der Waals surface area contributed by atoms with Crippen LogP contribution in [0.4, 0.5) is 36.3 Å². The standard InChI is InChI=1S/C20H15ClF3N5/c1-28(15-9-5-14(21)6-10-15)18-17(20(22,23)24)12-26-19(27-18)29(2)16-7-3-13(11-25)4-8-16/h3-10,12H,1-2H3. The van der Waals surface area contributed by atoms with Crippen molar-refractivity contribution in [2.75, 3.05) is 23.9 Å². The molecule has 5 nitrogen and oxygen atoms in total. The van der Waals surface area contributed by atoms with E-state index in [-0.39, 0.29) is 11.8 Å². The smallest absolute Gasteiger partial charge is 0.329 e. The molecule has 0 fully saturated rings. The van der Waals surface area contributed by atoms with E-state index in [2.05, 4.69) is 9.97 Å². The minimum atomic E-state index is -4.62. The molecule has 3 aromatic rings. The second-order valence-electron chi connectivity index (χ2n) is 6.16. The number of halogens is 4. The number of hydrogen-bond donors (Lipinski definition) is 0. The maximum absolute atomic E-state index is 13.6. The minimum Gasteiger partial charge on any atom is -0.329 e. The van der Waals surface area contributed by atoms with Gasteiger partial charge in [0.05, 0.1) is 11.6 Å². The summed E-state index contributed by atoms with van der Waals surface area (Å²) < 4.78 is 40.7. The third-order valence-corrected chi connectivity index (χ3v) is 4.53. The van der Waals surface area contributed by atoms with Gasteiger partial charge in [-0.1, -0.05) is 11.6 Å². The number of nitriles is 1. The Balaban J connectivity index is 2.05. The monoisotopic (exact) mass is 417 g/mol. The molecule has 2 aromatic carbocycles. The summed E-state index contributed by atoms with van der Waals surface area (Å²) in [6.45, 7) is 0. The summed E-state index contributed by atoms with van der Waals surface area (Å²) in [5, 5.41) is 9.38. The number of nitrogens with zero attached hydrogens (tertiary/aromatic N) is 5. The fraction of sp³-hybridized carbons (Fsp3) is 0.150. The van der Waals surface area contributed by atoms with Crippen molar-refractivity contribution in [2.24, 2.45) is 0 Å². The Morgan fingerprint density at radius 3 is 2.03 bits per heavy atom. The Labute approximate surface area is 170 Å². The molecule has 1 heterocycles. The Morgan fingerprint density at radius 1 is 0.931 bits per heavy atom. The fourth-order valence-corrected chi connectivity index (χ4v) is 2.77. The minimum absolute atomic E-state index is 0.0820. The van der Waals surface area contributed by atoms with Crippen molar-refractivity contribution in [2.45, 2.75) is 6.18 Å². The molecule has 0 radical (unpaired) electrons. The second kappa shape index (κ2) is 7.97. The summed E-state index contributed by atoms with van der Waals surface area (Å²) in [5.41, 5.74) is 0.639. The van der Waals surface area contributed by atoms with E-state index < -0.39 is 11.7 Å². The molecule has 9 heteroatoms. The number of anilines is 4. The number of alkyl halides is 3. The topological polar surface area (TPSA) is 56.1 Å². The van der Waals surface area contributed by atoms with Crippen LogP contribution in [0.3, 0.4) is 0 Å². The molecule has 0 aliphatic heterocycles. The summed E-state index contributed by atoms with van der Waals surface area (Å²) in [7, 11) is 3.13. The summed E-state index contributed by atoms with van der Waals surface area (Å²) >= 11 is 5.87. The Bertz CT molecular complexity index is 1040. The molecule has 0 saturated heterocycles. The molecule has 3 rings (SSSR count). The highest BCUT2D eigenvalue weighted by Gasteiger charge is 2.37. The first-order chi connectivity index (χ1) is 13.7. The molecular formula is C20H15ClF3N5. The van der Waals surface area contributed by atoms with Crippen molar-refractivity contribution in [3.8, 4) is 6.07 Å². The molecule has 0 N–H and O–H groups in total. The lowest BCUT2D eigenvalue weighted by atomic mass is 10.2. The van der Waals surface area contributed by atoms with E-state index in [1.54, 1.807) is 60.5 Å². The van der Waals surface area contributed by atoms with Gasteiger partial charge in [0.2, 0.25) is 5.95 Å². The van der Waals surface area contributed by atoms with Gasteiger partial charge in [0, 0.05) is 36.7 Å². The average molecular weight is 418 g/mol. The number of rotatable bonds is 4. The van der Waals surface area contributed by atoms with Crippen molar-refractivity contribution >= 4 is 34.7 Å². The number of benzene rings is 2. The molecule has 0 aliphatic rings. The highest BCUT2D eigenvalue weighted by Crippen LogP contribution is 2.38. The van der Waals surface area contributed by atoms with E-state index in [0.717, 1.165) is 6.20 Å². The van der Waals surface area contributed by atoms with Crippen LogP contribution in [0.15, 0.2) is 54.7 Å². The lowest BCUT2D eigenvalue weighted by Gasteiger charge is -2.25. The molecule has 148 valence electrons. The zero-order valence-electron chi connectivity index (χ0n) is 15.4. The van der Waals surface area contributed by atoms with Crippen LogP contribution < -0.4 is 9.80 Å². The van der Waals surface area contributed by atoms with Gasteiger partial charge in [-0.15, -0.1) is 0 Å². The van der Waals surface area contributed by atoms with E-state index in [9.17, 15) is 13.2 Å². The summed E-state index contributed by atoms with van der Waals surface area (Å²) in [4.78, 5) is 10.9. The molecule has 29 heavy (non-hydrogen) atoms. The molecule has 0 saturated carbocycles. The Kier molecular flexibility index (Phi) is 5.62. The van der Waals surface area contributed by atoms with Gasteiger partial charge in [0.15, 0.2) is 5.82 Å². The molecule has 0 bridgehead atoms. The number of aromatic nitrogens is 2. The highest BCUT2D eigenvalue weighted by atomic mass is 35.5. The van der Waals surface area contributed by atoms with Gasteiger partial charge in [0.25, 0.3) is 0 Å². The van der Waals surface area contributed by atoms with Gasteiger partial charge < -0.3 is 9.80 Å². The molecular weight excluding hydrogens is 403 g/mol. The van der Waals surface area contributed by atoms with Crippen molar-refractivity contribution in [3.63, 3.8) is 0 Å². The van der Waals surface area contributed by atoms with E-state index in [1.807, 2.05) is 6.07 Å². The zero-order chi connectivity index (χ0) is 21.2. The molecule has 0 aliphatic carbocycles. The highest BCUT2D eigenvalue weighted by molar-refractivity contribution is 6.30. The van der Waals surface area contributed by atoms with Gasteiger partial charge in [-0.25, -0.2) is 4.98 Å². The third kappa shape index (κ3) is 4.41. The average Bonchev–Trinajstić information content (AvgIpc) is 2.72. The van der Waals surface area contributed by atoms with Crippen LogP contribution >= 0.6 is 11.6 Å². The Morgan fingerprint density at radius 2 is 1.48 bits per heavy atom. The SMILES string of the molecule is CN(c1ccc(C#N)cc1)c1ncc(C(F)(F)F)c(N(C)c2ccc(Cl)cc2)n1. The van der Waals surface area contributed by atoms with Crippen molar-refractivity contribution in [1.29, 1.82) is 5.26 Å². The maximum Gasteiger partial charge on any atom is 0.421 e. The molecule has 0 atom stereocenters. The van der Waals surface area contributed by atoms with Gasteiger partial charge in [-0.2, -0.15) is 23.4 Å². The van der Waals surface area contributed by atoms with E-state index in [4.69, 9.17) is 16.9 Å². The quantitative estimate of drug-likeness (QED) is 0.556. The van der Waals surface area contributed by atoms with Crippen LogP contribution in [0.25, 0.3) is 0 Å². The zero-order valence-corrected chi connectivity index (χ0v) is 16.2. The van der Waals surface area contributed by atoms with E-state index in [1.165, 1.54) is 11.9 Å². The van der Waals surface area contributed by atoms with Crippen LogP contribution in [0.1, 0.15) is 11.1 Å². The summed E-state index contributed by atoms with van der Waals surface area (Å²) in [5.74, 6) is -0.205. The van der Waals surface area contributed by atoms with Gasteiger partial charge in [-0.3, -0.25) is 0 Å². The normalized spacial score (nSPS) is 11.1. The van der Waals surface area contributed by atoms with Gasteiger partial charge in [0.1, 0.15) is 5.56 Å². The third-order valence-electron chi connectivity index (χ3n) is 4.28. The van der Waals surface area contributed by atoms with Crippen LogP contribution in [0, 0.1) is 11.3 Å². The molecule has 1 aromatic heterocycles. The largest absolute Gasteiger partial charge is 0.421 e. The van der Waals surface area contributed by atoms with Crippen LogP contribution in [0.2, 0.25) is 5.02 Å². The lowest BCUT2D eigenvalue weighted by Crippen LogP contribution is -2.21. The molecule has 0 amide bonds. The molecule has 0 spiro atoms. The first-order valence-electron chi connectivity index (χ1n) is 8.38. The van der Waals surface area contributed by atoms with Crippen LogP contribution in [-0.2, 0) is 6.18 Å². The first-order valence-corrected chi connectivity index (χ1v) is 8.76.